The predicted molar refractivity (Wildman–Crippen MR) is 104 cm³/mol. The van der Waals surface area contributed by atoms with Crippen molar-refractivity contribution in [3.8, 4) is 0 Å². The van der Waals surface area contributed by atoms with Crippen LogP contribution in [0.15, 0.2) is 33.1 Å². The van der Waals surface area contributed by atoms with Crippen LogP contribution in [0.1, 0.15) is 56.1 Å². The summed E-state index contributed by atoms with van der Waals surface area (Å²) in [5, 5.41) is 0. The molecule has 1 aliphatic carbocycles. The summed E-state index contributed by atoms with van der Waals surface area (Å²) in [6, 6.07) is 9.23. The topological polar surface area (TPSA) is 24.7 Å². The van der Waals surface area contributed by atoms with Crippen molar-refractivity contribution in [2.45, 2.75) is 51.4 Å². The van der Waals surface area contributed by atoms with Gasteiger partial charge in [0, 0.05) is 12.5 Å². The Bertz CT molecular complexity index is 516. The normalized spacial score (nSPS) is 16.7. The maximum absolute atomic E-state index is 4.59. The van der Waals surface area contributed by atoms with Crippen LogP contribution in [0.3, 0.4) is 0 Å². The number of rotatable bonds is 8. The van der Waals surface area contributed by atoms with Gasteiger partial charge in [-0.2, -0.15) is 0 Å². The van der Waals surface area contributed by atoms with Gasteiger partial charge in [0.15, 0.2) is 0 Å². The van der Waals surface area contributed by atoms with E-state index in [1.54, 1.807) is 0 Å². The van der Waals surface area contributed by atoms with Crippen molar-refractivity contribution in [3.63, 3.8) is 0 Å². The van der Waals surface area contributed by atoms with Crippen LogP contribution >= 0.6 is 23.9 Å². The van der Waals surface area contributed by atoms with Gasteiger partial charge in [0.05, 0.1) is 11.4 Å². The molecule has 1 saturated carbocycles. The molecule has 0 saturated heterocycles. The Morgan fingerprint density at radius 2 is 1.68 bits per heavy atom. The molecule has 1 aromatic rings. The average molecular weight is 335 g/mol. The van der Waals surface area contributed by atoms with Gasteiger partial charge in [-0.1, -0.05) is 37.6 Å². The molecule has 2 nitrogen and oxygen atoms in total. The minimum Gasteiger partial charge on any atom is -0.220 e. The van der Waals surface area contributed by atoms with Crippen molar-refractivity contribution in [3.05, 3.63) is 35.4 Å². The fourth-order valence-electron chi connectivity index (χ4n) is 2.75. The summed E-state index contributed by atoms with van der Waals surface area (Å²) in [5.41, 5.74) is 5.20. The molecule has 0 heterocycles. The van der Waals surface area contributed by atoms with E-state index < -0.39 is 0 Å². The van der Waals surface area contributed by atoms with Gasteiger partial charge in [-0.15, -0.1) is 0 Å². The summed E-state index contributed by atoms with van der Waals surface area (Å²) in [4.78, 5) is 0. The lowest BCUT2D eigenvalue weighted by atomic mass is 9.80. The van der Waals surface area contributed by atoms with Crippen molar-refractivity contribution in [1.29, 1.82) is 0 Å². The second kappa shape index (κ2) is 9.41. The quantitative estimate of drug-likeness (QED) is 0.447. The highest BCUT2D eigenvalue weighted by atomic mass is 32.2. The molecule has 0 aliphatic heterocycles. The average Bonchev–Trinajstić information content (AvgIpc) is 2.49. The van der Waals surface area contributed by atoms with Crippen LogP contribution in [0.2, 0.25) is 0 Å². The molecule has 0 spiro atoms. The molecule has 0 N–H and O–H groups in total. The third-order valence-electron chi connectivity index (χ3n) is 4.28. The van der Waals surface area contributed by atoms with E-state index in [0.717, 1.165) is 36.6 Å². The first kappa shape index (κ1) is 17.6. The Kier molecular flexibility index (Phi) is 7.53. The van der Waals surface area contributed by atoms with Crippen LogP contribution in [0.25, 0.3) is 0 Å². The summed E-state index contributed by atoms with van der Waals surface area (Å²) < 4.78 is 9.11. The fraction of sp³-hybridized carbons (Fsp3) is 0.556. The van der Waals surface area contributed by atoms with Gasteiger partial charge in [-0.05, 0) is 73.0 Å². The maximum Gasteiger partial charge on any atom is 0.0711 e. The number of nitrogens with zero attached hydrogens (tertiary/aromatic N) is 2. The first-order valence-electron chi connectivity index (χ1n) is 8.07. The van der Waals surface area contributed by atoms with Gasteiger partial charge < -0.3 is 0 Å². The number of hydrogen-bond acceptors (Lipinski definition) is 4. The van der Waals surface area contributed by atoms with Gasteiger partial charge in [-0.3, -0.25) is 0 Å². The van der Waals surface area contributed by atoms with E-state index in [-0.39, 0.29) is 0 Å². The van der Waals surface area contributed by atoms with E-state index in [2.05, 4.69) is 40.0 Å². The molecule has 0 aromatic heterocycles. The smallest absolute Gasteiger partial charge is 0.0711 e. The van der Waals surface area contributed by atoms with Gasteiger partial charge in [-0.25, -0.2) is 8.80 Å². The Morgan fingerprint density at radius 1 is 1.05 bits per heavy atom. The van der Waals surface area contributed by atoms with Crippen LogP contribution in [0.4, 0.5) is 0 Å². The molecule has 0 amide bonds. The molecule has 1 aliphatic rings. The first-order chi connectivity index (χ1) is 10.8. The van der Waals surface area contributed by atoms with Gasteiger partial charge >= 0.3 is 0 Å². The fourth-order valence-corrected chi connectivity index (χ4v) is 3.62. The Hall–Kier alpha value is -0.740. The Labute approximate surface area is 143 Å². The third-order valence-corrected chi connectivity index (χ3v) is 5.08. The van der Waals surface area contributed by atoms with Crippen molar-refractivity contribution in [2.24, 2.45) is 8.80 Å². The van der Waals surface area contributed by atoms with E-state index in [1.165, 1.54) is 54.3 Å². The lowest BCUT2D eigenvalue weighted by Crippen LogP contribution is -2.13. The van der Waals surface area contributed by atoms with E-state index in [0.29, 0.717) is 0 Å². The predicted octanol–water partition coefficient (Wildman–Crippen LogP) is 5.73. The molecule has 22 heavy (non-hydrogen) atoms. The van der Waals surface area contributed by atoms with Gasteiger partial charge in [0.2, 0.25) is 0 Å². The largest absolute Gasteiger partial charge is 0.220 e. The molecule has 0 atom stereocenters. The summed E-state index contributed by atoms with van der Waals surface area (Å²) in [6.07, 6.45) is 11.1. The first-order valence-corrected chi connectivity index (χ1v) is 10.4. The highest BCUT2D eigenvalue weighted by Crippen LogP contribution is 2.36. The minimum absolute atomic E-state index is 0.822. The van der Waals surface area contributed by atoms with Crippen LogP contribution in [0.5, 0.6) is 0 Å². The molecule has 0 radical (unpaired) electrons. The molecule has 0 bridgehead atoms. The standard InChI is InChI=1S/C18H26N2S2/c1-4-17(19-21-2)18(20-22-3)13-10-14-8-11-16(12-9-14)15-6-5-7-15/h8-9,11-12,15H,4-7,10,13H2,1-3H3. The Balaban J connectivity index is 1.96. The summed E-state index contributed by atoms with van der Waals surface area (Å²) in [7, 11) is 0. The van der Waals surface area contributed by atoms with Crippen LogP contribution in [-0.2, 0) is 6.42 Å². The zero-order chi connectivity index (χ0) is 15.8. The van der Waals surface area contributed by atoms with Crippen molar-refractivity contribution < 1.29 is 0 Å². The maximum atomic E-state index is 4.59. The molecule has 4 heteroatoms. The molecule has 1 aromatic carbocycles. The van der Waals surface area contributed by atoms with Crippen LogP contribution in [0, 0.1) is 0 Å². The van der Waals surface area contributed by atoms with Crippen molar-refractivity contribution in [2.75, 3.05) is 12.5 Å². The number of benzene rings is 1. The molecule has 2 rings (SSSR count). The monoisotopic (exact) mass is 334 g/mol. The van der Waals surface area contributed by atoms with Gasteiger partial charge in [0.1, 0.15) is 0 Å². The molecular formula is C18H26N2S2. The zero-order valence-corrected chi connectivity index (χ0v) is 15.5. The second-order valence-electron chi connectivity index (χ2n) is 5.66. The number of hydrogen-bond donors (Lipinski definition) is 0. The second-order valence-corrected chi connectivity index (χ2v) is 6.76. The van der Waals surface area contributed by atoms with E-state index in [9.17, 15) is 0 Å². The number of aryl methyl sites for hydroxylation is 1. The summed E-state index contributed by atoms with van der Waals surface area (Å²) in [6.45, 7) is 2.15. The lowest BCUT2D eigenvalue weighted by Gasteiger charge is -2.25. The molecule has 0 unspecified atom stereocenters. The van der Waals surface area contributed by atoms with Crippen LogP contribution in [-0.4, -0.2) is 23.9 Å². The summed E-state index contributed by atoms with van der Waals surface area (Å²) in [5.74, 6) is 0.822. The molecule has 1 fully saturated rings. The van der Waals surface area contributed by atoms with Gasteiger partial charge in [0.25, 0.3) is 0 Å². The highest BCUT2D eigenvalue weighted by Gasteiger charge is 2.18. The van der Waals surface area contributed by atoms with E-state index >= 15 is 0 Å². The lowest BCUT2D eigenvalue weighted by molar-refractivity contribution is 0.419. The van der Waals surface area contributed by atoms with Crippen molar-refractivity contribution in [1.82, 2.24) is 0 Å². The minimum atomic E-state index is 0.822. The van der Waals surface area contributed by atoms with E-state index in [4.69, 9.17) is 0 Å². The highest BCUT2D eigenvalue weighted by molar-refractivity contribution is 7.97. The third kappa shape index (κ3) is 4.88. The zero-order valence-electron chi connectivity index (χ0n) is 13.8. The van der Waals surface area contributed by atoms with Crippen LogP contribution < -0.4 is 0 Å². The summed E-state index contributed by atoms with van der Waals surface area (Å²) >= 11 is 3.05. The Morgan fingerprint density at radius 3 is 2.18 bits per heavy atom. The SMILES string of the molecule is CCC(=NSC)C(CCc1ccc(C2CCC2)cc1)=NSC. The van der Waals surface area contributed by atoms with E-state index in [1.807, 2.05) is 12.5 Å². The molecule has 120 valence electrons. The molecular weight excluding hydrogens is 308 g/mol. The van der Waals surface area contributed by atoms with Crippen molar-refractivity contribution >= 4 is 35.3 Å².